The predicted molar refractivity (Wildman–Crippen MR) is 48.9 cm³/mol. The molecule has 2 rings (SSSR count). The van der Waals surface area contributed by atoms with Gasteiger partial charge >= 0.3 is 12.2 Å². The molecule has 0 spiro atoms. The number of nitrogens with zero attached hydrogens (tertiary/aromatic N) is 1. The molecule has 0 unspecified atom stereocenters. The summed E-state index contributed by atoms with van der Waals surface area (Å²) in [4.78, 5) is 12.9. The van der Waals surface area contributed by atoms with Crippen LogP contribution >= 0.6 is 0 Å². The van der Waals surface area contributed by atoms with Crippen molar-refractivity contribution in [1.82, 2.24) is 10.2 Å². The second-order valence-electron chi connectivity index (χ2n) is 4.11. The molecule has 92 valence electrons. The zero-order valence-electron chi connectivity index (χ0n) is 8.64. The smallest absolute Gasteiger partial charge is 0.378 e. The molecule has 1 N–H and O–H groups in total. The Morgan fingerprint density at radius 2 is 1.81 bits per heavy atom. The van der Waals surface area contributed by atoms with Gasteiger partial charge in [0.2, 0.25) is 0 Å². The van der Waals surface area contributed by atoms with Crippen molar-refractivity contribution in [2.75, 3.05) is 26.3 Å². The SMILES string of the molecule is O=C(NC1(C(F)(F)F)CC1)N1CCOCC1. The maximum absolute atomic E-state index is 12.6. The first-order chi connectivity index (χ1) is 7.45. The van der Waals surface area contributed by atoms with Crippen LogP contribution in [0.5, 0.6) is 0 Å². The maximum atomic E-state index is 12.6. The van der Waals surface area contributed by atoms with E-state index in [0.29, 0.717) is 26.3 Å². The van der Waals surface area contributed by atoms with Crippen LogP contribution in [0.2, 0.25) is 0 Å². The van der Waals surface area contributed by atoms with Gasteiger partial charge in [-0.3, -0.25) is 0 Å². The lowest BCUT2D eigenvalue weighted by Gasteiger charge is -2.30. The Hall–Kier alpha value is -0.980. The average molecular weight is 238 g/mol. The average Bonchev–Trinajstić information content (AvgIpc) is 2.99. The third kappa shape index (κ3) is 2.09. The van der Waals surface area contributed by atoms with Crippen molar-refractivity contribution in [2.45, 2.75) is 24.6 Å². The third-order valence-electron chi connectivity index (χ3n) is 2.94. The summed E-state index contributed by atoms with van der Waals surface area (Å²) in [5.41, 5.74) is -1.97. The van der Waals surface area contributed by atoms with Gasteiger partial charge in [-0.1, -0.05) is 0 Å². The normalized spacial score (nSPS) is 24.1. The maximum Gasteiger partial charge on any atom is 0.411 e. The van der Waals surface area contributed by atoms with E-state index in [1.54, 1.807) is 0 Å². The van der Waals surface area contributed by atoms with Crippen molar-refractivity contribution in [2.24, 2.45) is 0 Å². The summed E-state index contributed by atoms with van der Waals surface area (Å²) in [5.74, 6) is 0. The Bertz CT molecular complexity index is 283. The number of morpholine rings is 1. The number of urea groups is 1. The lowest BCUT2D eigenvalue weighted by Crippen LogP contribution is -2.54. The van der Waals surface area contributed by atoms with Crippen molar-refractivity contribution in [3.8, 4) is 0 Å². The standard InChI is InChI=1S/C9H13F3N2O2/c10-9(11,12)8(1-2-8)13-7(15)14-3-5-16-6-4-14/h1-6H2,(H,13,15). The van der Waals surface area contributed by atoms with Crippen molar-refractivity contribution in [1.29, 1.82) is 0 Å². The summed E-state index contributed by atoms with van der Waals surface area (Å²) in [5, 5.41) is 2.08. The highest BCUT2D eigenvalue weighted by Gasteiger charge is 2.64. The van der Waals surface area contributed by atoms with E-state index >= 15 is 0 Å². The number of rotatable bonds is 1. The molecule has 1 saturated heterocycles. The van der Waals surface area contributed by atoms with Gasteiger partial charge in [0.05, 0.1) is 13.2 Å². The minimum absolute atomic E-state index is 0.0212. The molecule has 4 nitrogen and oxygen atoms in total. The van der Waals surface area contributed by atoms with Gasteiger partial charge in [0.1, 0.15) is 5.54 Å². The Morgan fingerprint density at radius 3 is 2.25 bits per heavy atom. The molecule has 16 heavy (non-hydrogen) atoms. The lowest BCUT2D eigenvalue weighted by molar-refractivity contribution is -0.163. The highest BCUT2D eigenvalue weighted by molar-refractivity contribution is 5.75. The van der Waals surface area contributed by atoms with Crippen LogP contribution in [0, 0.1) is 0 Å². The van der Waals surface area contributed by atoms with E-state index in [1.807, 2.05) is 0 Å². The molecule has 0 radical (unpaired) electrons. The van der Waals surface area contributed by atoms with Crippen molar-refractivity contribution >= 4 is 6.03 Å². The fourth-order valence-corrected chi connectivity index (χ4v) is 1.65. The van der Waals surface area contributed by atoms with Crippen LogP contribution in [-0.4, -0.2) is 48.9 Å². The summed E-state index contributed by atoms with van der Waals surface area (Å²) in [6, 6.07) is -0.641. The van der Waals surface area contributed by atoms with Crippen molar-refractivity contribution < 1.29 is 22.7 Å². The first kappa shape index (κ1) is 11.5. The zero-order valence-corrected chi connectivity index (χ0v) is 8.64. The number of hydrogen-bond donors (Lipinski definition) is 1. The van der Waals surface area contributed by atoms with Gasteiger partial charge < -0.3 is 15.0 Å². The summed E-state index contributed by atoms with van der Waals surface area (Å²) in [6.45, 7) is 1.46. The van der Waals surface area contributed by atoms with Gasteiger partial charge in [-0.25, -0.2) is 4.79 Å². The zero-order chi connectivity index (χ0) is 11.8. The first-order valence-electron chi connectivity index (χ1n) is 5.16. The van der Waals surface area contributed by atoms with Gasteiger partial charge in [0.25, 0.3) is 0 Å². The number of nitrogens with one attached hydrogen (secondary N) is 1. The fraction of sp³-hybridized carbons (Fsp3) is 0.889. The summed E-state index contributed by atoms with van der Waals surface area (Å²) < 4.78 is 42.7. The van der Waals surface area contributed by atoms with E-state index in [9.17, 15) is 18.0 Å². The second kappa shape index (κ2) is 3.80. The number of carbonyl (C=O) groups excluding carboxylic acids is 1. The molecule has 1 heterocycles. The van der Waals surface area contributed by atoms with Crippen LogP contribution in [0.3, 0.4) is 0 Å². The van der Waals surface area contributed by atoms with Crippen LogP contribution < -0.4 is 5.32 Å². The molecule has 1 saturated carbocycles. The van der Waals surface area contributed by atoms with E-state index in [2.05, 4.69) is 5.32 Å². The Kier molecular flexibility index (Phi) is 2.73. The van der Waals surface area contributed by atoms with Gasteiger partial charge in [-0.2, -0.15) is 13.2 Å². The largest absolute Gasteiger partial charge is 0.411 e. The predicted octanol–water partition coefficient (Wildman–Crippen LogP) is 1.12. The number of alkyl halides is 3. The van der Waals surface area contributed by atoms with E-state index in [-0.39, 0.29) is 12.8 Å². The summed E-state index contributed by atoms with van der Waals surface area (Å²) in [7, 11) is 0. The van der Waals surface area contributed by atoms with E-state index < -0.39 is 17.7 Å². The van der Waals surface area contributed by atoms with Crippen LogP contribution in [0.15, 0.2) is 0 Å². The highest BCUT2D eigenvalue weighted by Crippen LogP contribution is 2.48. The van der Waals surface area contributed by atoms with Crippen LogP contribution in [0.25, 0.3) is 0 Å². The topological polar surface area (TPSA) is 41.6 Å². The summed E-state index contributed by atoms with van der Waals surface area (Å²) in [6.07, 6.45) is -4.39. The fourth-order valence-electron chi connectivity index (χ4n) is 1.65. The van der Waals surface area contributed by atoms with Crippen molar-refractivity contribution in [3.05, 3.63) is 0 Å². The van der Waals surface area contributed by atoms with Gasteiger partial charge in [-0.15, -0.1) is 0 Å². The number of halogens is 3. The number of ether oxygens (including phenoxy) is 1. The minimum Gasteiger partial charge on any atom is -0.378 e. The second-order valence-corrected chi connectivity index (χ2v) is 4.11. The van der Waals surface area contributed by atoms with E-state index in [4.69, 9.17) is 4.74 Å². The van der Waals surface area contributed by atoms with E-state index in [0.717, 1.165) is 0 Å². The molecule has 7 heteroatoms. The molecule has 0 bridgehead atoms. The molecule has 0 atom stereocenters. The molecule has 0 aromatic heterocycles. The minimum atomic E-state index is -4.35. The molecule has 0 aromatic rings. The Morgan fingerprint density at radius 1 is 1.25 bits per heavy atom. The number of carbonyl (C=O) groups is 1. The number of amides is 2. The molecular formula is C9H13F3N2O2. The monoisotopic (exact) mass is 238 g/mol. The number of hydrogen-bond acceptors (Lipinski definition) is 2. The van der Waals surface area contributed by atoms with Crippen LogP contribution in [-0.2, 0) is 4.74 Å². The molecular weight excluding hydrogens is 225 g/mol. The van der Waals surface area contributed by atoms with Crippen molar-refractivity contribution in [3.63, 3.8) is 0 Å². The molecule has 2 amide bonds. The molecule has 1 aliphatic heterocycles. The van der Waals surface area contributed by atoms with Gasteiger partial charge in [0, 0.05) is 13.1 Å². The Labute approximate surface area is 90.7 Å². The van der Waals surface area contributed by atoms with Crippen LogP contribution in [0.4, 0.5) is 18.0 Å². The quantitative estimate of drug-likeness (QED) is 0.743. The highest BCUT2D eigenvalue weighted by atomic mass is 19.4. The molecule has 2 aliphatic rings. The van der Waals surface area contributed by atoms with Gasteiger partial charge in [-0.05, 0) is 12.8 Å². The van der Waals surface area contributed by atoms with E-state index in [1.165, 1.54) is 4.90 Å². The van der Waals surface area contributed by atoms with Crippen LogP contribution in [0.1, 0.15) is 12.8 Å². The summed E-state index contributed by atoms with van der Waals surface area (Å²) >= 11 is 0. The molecule has 1 aliphatic carbocycles. The Balaban J connectivity index is 1.92. The molecule has 2 fully saturated rings. The van der Waals surface area contributed by atoms with Gasteiger partial charge in [0.15, 0.2) is 0 Å². The first-order valence-corrected chi connectivity index (χ1v) is 5.16. The third-order valence-corrected chi connectivity index (χ3v) is 2.94. The lowest BCUT2D eigenvalue weighted by atomic mass is 10.2. The molecule has 0 aromatic carbocycles.